The van der Waals surface area contributed by atoms with Gasteiger partial charge in [-0.1, -0.05) is 18.7 Å². The Morgan fingerprint density at radius 2 is 2.21 bits per heavy atom. The first-order valence-corrected chi connectivity index (χ1v) is 12.4. The first-order chi connectivity index (χ1) is 13.7. The van der Waals surface area contributed by atoms with E-state index in [0.717, 1.165) is 73.1 Å². The number of hydrogen-bond acceptors (Lipinski definition) is 6. The Hall–Kier alpha value is -0.890. The molecule has 28 heavy (non-hydrogen) atoms. The van der Waals surface area contributed by atoms with Gasteiger partial charge in [0.05, 0.1) is 24.6 Å². The van der Waals surface area contributed by atoms with Crippen molar-refractivity contribution >= 4 is 33.3 Å². The van der Waals surface area contributed by atoms with E-state index in [4.69, 9.17) is 14.5 Å². The van der Waals surface area contributed by atoms with Crippen LogP contribution in [0, 0.1) is 11.8 Å². The van der Waals surface area contributed by atoms with Crippen molar-refractivity contribution in [1.82, 2.24) is 9.55 Å². The molecule has 2 saturated heterocycles. The molecule has 2 fully saturated rings. The summed E-state index contributed by atoms with van der Waals surface area (Å²) in [5, 5.41) is 1.75. The third kappa shape index (κ3) is 3.66. The number of rotatable bonds is 5. The van der Waals surface area contributed by atoms with Gasteiger partial charge in [-0.05, 0) is 55.9 Å². The van der Waals surface area contributed by atoms with E-state index in [1.54, 1.807) is 23.1 Å². The van der Waals surface area contributed by atoms with E-state index in [1.165, 1.54) is 16.9 Å². The van der Waals surface area contributed by atoms with Gasteiger partial charge in [-0.2, -0.15) is 0 Å². The molecule has 0 radical (unpaired) electrons. The van der Waals surface area contributed by atoms with Crippen molar-refractivity contribution in [3.63, 3.8) is 0 Å². The highest BCUT2D eigenvalue weighted by atomic mass is 32.2. The summed E-state index contributed by atoms with van der Waals surface area (Å²) in [6.07, 6.45) is 6.63. The van der Waals surface area contributed by atoms with Crippen LogP contribution in [0.3, 0.4) is 0 Å². The number of nitrogens with zero attached hydrogens (tertiary/aromatic N) is 2. The largest absolute Gasteiger partial charge is 0.381 e. The highest BCUT2D eigenvalue weighted by Gasteiger charge is 2.27. The molecule has 2 aromatic rings. The summed E-state index contributed by atoms with van der Waals surface area (Å²) in [7, 11) is 0. The molecule has 0 unspecified atom stereocenters. The SMILES string of the molecule is C[C@@H]1CCc2c(sc3nc(SC[C@@H]4CCOC4)n(C[C@@H]4CCCO4)c(=O)c23)C1. The summed E-state index contributed by atoms with van der Waals surface area (Å²) in [6.45, 7) is 5.43. The van der Waals surface area contributed by atoms with Crippen LogP contribution >= 0.6 is 23.1 Å². The molecule has 152 valence electrons. The van der Waals surface area contributed by atoms with Gasteiger partial charge in [0.1, 0.15) is 4.83 Å². The summed E-state index contributed by atoms with van der Waals surface area (Å²) in [6, 6.07) is 0. The summed E-state index contributed by atoms with van der Waals surface area (Å²) >= 11 is 3.47. The van der Waals surface area contributed by atoms with Crippen LogP contribution in [0.2, 0.25) is 0 Å². The molecule has 4 heterocycles. The Morgan fingerprint density at radius 3 is 3.00 bits per heavy atom. The molecule has 0 N–H and O–H groups in total. The van der Waals surface area contributed by atoms with Crippen molar-refractivity contribution in [3.8, 4) is 0 Å². The van der Waals surface area contributed by atoms with Gasteiger partial charge in [0.2, 0.25) is 0 Å². The maximum absolute atomic E-state index is 13.6. The van der Waals surface area contributed by atoms with Gasteiger partial charge < -0.3 is 9.47 Å². The molecule has 3 atom stereocenters. The fourth-order valence-corrected chi connectivity index (χ4v) is 7.12. The average molecular weight is 421 g/mol. The number of thiophene rings is 1. The van der Waals surface area contributed by atoms with Crippen LogP contribution in [0.5, 0.6) is 0 Å². The Kier molecular flexibility index (Phi) is 5.52. The second-order valence-corrected chi connectivity index (χ2v) is 10.6. The van der Waals surface area contributed by atoms with E-state index in [2.05, 4.69) is 6.92 Å². The van der Waals surface area contributed by atoms with Crippen molar-refractivity contribution in [1.29, 1.82) is 0 Å². The van der Waals surface area contributed by atoms with E-state index in [9.17, 15) is 4.79 Å². The number of aryl methyl sites for hydroxylation is 1. The van der Waals surface area contributed by atoms with Gasteiger partial charge in [0.25, 0.3) is 5.56 Å². The van der Waals surface area contributed by atoms with Crippen molar-refractivity contribution in [2.45, 2.75) is 63.3 Å². The standard InChI is InChI=1S/C21H28N2O3S2/c1-13-4-5-16-17(9-13)28-19-18(16)20(24)23(10-15-3-2-7-26-15)21(22-19)27-12-14-6-8-25-11-14/h13-15H,2-12H2,1H3/t13-,14-,15+/m1/s1. The molecule has 2 aromatic heterocycles. The van der Waals surface area contributed by atoms with Crippen LogP contribution in [0.25, 0.3) is 10.2 Å². The lowest BCUT2D eigenvalue weighted by molar-refractivity contribution is 0.0937. The lowest BCUT2D eigenvalue weighted by atomic mass is 9.89. The van der Waals surface area contributed by atoms with Crippen LogP contribution in [-0.2, 0) is 28.9 Å². The quantitative estimate of drug-likeness (QED) is 0.543. The molecule has 0 saturated carbocycles. The third-order valence-electron chi connectivity index (χ3n) is 6.26. The van der Waals surface area contributed by atoms with E-state index < -0.39 is 0 Å². The summed E-state index contributed by atoms with van der Waals surface area (Å²) in [5.74, 6) is 2.23. The zero-order valence-electron chi connectivity index (χ0n) is 16.4. The monoisotopic (exact) mass is 420 g/mol. The van der Waals surface area contributed by atoms with Crippen LogP contribution in [-0.4, -0.2) is 41.2 Å². The molecule has 0 aromatic carbocycles. The van der Waals surface area contributed by atoms with Gasteiger partial charge in [0, 0.05) is 23.8 Å². The second kappa shape index (κ2) is 8.09. The minimum atomic E-state index is 0.139. The molecule has 2 aliphatic heterocycles. The summed E-state index contributed by atoms with van der Waals surface area (Å²) in [4.78, 5) is 20.9. The predicted octanol–water partition coefficient (Wildman–Crippen LogP) is 3.89. The molecule has 7 heteroatoms. The fraction of sp³-hybridized carbons (Fsp3) is 0.714. The van der Waals surface area contributed by atoms with Crippen LogP contribution < -0.4 is 5.56 Å². The number of ether oxygens (including phenoxy) is 2. The van der Waals surface area contributed by atoms with Gasteiger partial charge in [-0.3, -0.25) is 9.36 Å². The van der Waals surface area contributed by atoms with Gasteiger partial charge >= 0.3 is 0 Å². The topological polar surface area (TPSA) is 53.4 Å². The van der Waals surface area contributed by atoms with E-state index in [-0.39, 0.29) is 11.7 Å². The lowest BCUT2D eigenvalue weighted by Gasteiger charge is -2.18. The molecular formula is C21H28N2O3S2. The lowest BCUT2D eigenvalue weighted by Crippen LogP contribution is -2.29. The van der Waals surface area contributed by atoms with Crippen LogP contribution in [0.4, 0.5) is 0 Å². The van der Waals surface area contributed by atoms with Gasteiger partial charge in [-0.25, -0.2) is 4.98 Å². The molecule has 0 amide bonds. The second-order valence-electron chi connectivity index (χ2n) is 8.52. The molecular weight excluding hydrogens is 392 g/mol. The van der Waals surface area contributed by atoms with Gasteiger partial charge in [-0.15, -0.1) is 11.3 Å². The van der Waals surface area contributed by atoms with E-state index in [0.29, 0.717) is 18.4 Å². The average Bonchev–Trinajstić information content (AvgIpc) is 3.42. The Labute approximate surface area is 173 Å². The number of aromatic nitrogens is 2. The Balaban J connectivity index is 1.53. The summed E-state index contributed by atoms with van der Waals surface area (Å²) < 4.78 is 13.3. The first-order valence-electron chi connectivity index (χ1n) is 10.6. The molecule has 0 spiro atoms. The number of thioether (sulfide) groups is 1. The van der Waals surface area contributed by atoms with Crippen molar-refractivity contribution in [2.75, 3.05) is 25.6 Å². The Morgan fingerprint density at radius 1 is 1.29 bits per heavy atom. The van der Waals surface area contributed by atoms with Crippen LogP contribution in [0.1, 0.15) is 43.0 Å². The highest BCUT2D eigenvalue weighted by molar-refractivity contribution is 7.99. The zero-order valence-corrected chi connectivity index (χ0v) is 18.1. The molecule has 5 rings (SSSR count). The minimum absolute atomic E-state index is 0.139. The highest BCUT2D eigenvalue weighted by Crippen LogP contribution is 2.37. The van der Waals surface area contributed by atoms with Crippen molar-refractivity contribution in [2.24, 2.45) is 11.8 Å². The maximum Gasteiger partial charge on any atom is 0.263 e. The van der Waals surface area contributed by atoms with E-state index >= 15 is 0 Å². The third-order valence-corrected chi connectivity index (χ3v) is 8.62. The minimum Gasteiger partial charge on any atom is -0.381 e. The molecule has 1 aliphatic carbocycles. The van der Waals surface area contributed by atoms with Crippen molar-refractivity contribution < 1.29 is 9.47 Å². The first kappa shape index (κ1) is 19.1. The molecule has 3 aliphatic rings. The number of fused-ring (bicyclic) bond motifs is 3. The number of hydrogen-bond donors (Lipinski definition) is 0. The summed E-state index contributed by atoms with van der Waals surface area (Å²) in [5.41, 5.74) is 1.43. The van der Waals surface area contributed by atoms with E-state index in [1.807, 2.05) is 4.57 Å². The smallest absolute Gasteiger partial charge is 0.263 e. The maximum atomic E-state index is 13.6. The Bertz CT molecular complexity index is 910. The van der Waals surface area contributed by atoms with Crippen LogP contribution in [0.15, 0.2) is 9.95 Å². The predicted molar refractivity (Wildman–Crippen MR) is 114 cm³/mol. The molecule has 0 bridgehead atoms. The molecule has 5 nitrogen and oxygen atoms in total. The van der Waals surface area contributed by atoms with Crippen molar-refractivity contribution in [3.05, 3.63) is 20.8 Å². The van der Waals surface area contributed by atoms with Gasteiger partial charge in [0.15, 0.2) is 5.16 Å². The normalized spacial score (nSPS) is 27.5. The fourth-order valence-electron chi connectivity index (χ4n) is 4.58. The zero-order chi connectivity index (χ0) is 19.1.